The highest BCUT2D eigenvalue weighted by Crippen LogP contribution is 2.48. The molecule has 2 aliphatic heterocycles. The fourth-order valence-electron chi connectivity index (χ4n) is 8.63. The molecule has 2 aliphatic carbocycles. The molecule has 15 nitrogen and oxygen atoms in total. The van der Waals surface area contributed by atoms with Crippen molar-refractivity contribution in [1.29, 1.82) is 0 Å². The van der Waals surface area contributed by atoms with E-state index < -0.39 is 53.8 Å². The Bertz CT molecular complexity index is 1280. The molecule has 5 atom stereocenters. The van der Waals surface area contributed by atoms with Crippen molar-refractivity contribution in [1.82, 2.24) is 41.7 Å². The smallest absolute Gasteiger partial charge is 0.244 e. The zero-order chi connectivity index (χ0) is 39.3. The lowest BCUT2D eigenvalue weighted by Gasteiger charge is -2.53. The number of hydrogen-bond donors (Lipinski definition) is 7. The lowest BCUT2D eigenvalue weighted by atomic mass is 9.58. The quantitative estimate of drug-likeness (QED) is 0.140. The van der Waals surface area contributed by atoms with E-state index in [0.717, 1.165) is 83.7 Å². The van der Waals surface area contributed by atoms with Gasteiger partial charge in [0, 0.05) is 52.2 Å². The van der Waals surface area contributed by atoms with Crippen LogP contribution < -0.4 is 37.6 Å². The molecule has 8 N–H and O–H groups in total. The van der Waals surface area contributed by atoms with Crippen LogP contribution in [0.5, 0.6) is 0 Å². The van der Waals surface area contributed by atoms with E-state index in [4.69, 9.17) is 5.73 Å². The number of nitrogens with zero attached hydrogens (tertiary/aromatic N) is 2. The van der Waals surface area contributed by atoms with Crippen LogP contribution in [-0.2, 0) is 28.8 Å². The number of amides is 6. The Hall–Kier alpha value is -3.30. The van der Waals surface area contributed by atoms with Gasteiger partial charge < -0.3 is 42.5 Å². The van der Waals surface area contributed by atoms with Gasteiger partial charge >= 0.3 is 0 Å². The third kappa shape index (κ3) is 11.4. The zero-order valence-electron chi connectivity index (χ0n) is 33.3. The summed E-state index contributed by atoms with van der Waals surface area (Å²) >= 11 is 0. The van der Waals surface area contributed by atoms with Gasteiger partial charge in [-0.05, 0) is 62.8 Å². The maximum atomic E-state index is 14.5. The fourth-order valence-corrected chi connectivity index (χ4v) is 8.63. The van der Waals surface area contributed by atoms with Gasteiger partial charge in [-0.2, -0.15) is 0 Å². The minimum Gasteiger partial charge on any atom is -0.353 e. The summed E-state index contributed by atoms with van der Waals surface area (Å²) < 4.78 is 0. The summed E-state index contributed by atoms with van der Waals surface area (Å²) in [5.74, 6) is -2.69. The molecule has 6 amide bonds. The van der Waals surface area contributed by atoms with Gasteiger partial charge in [0.05, 0.1) is 6.04 Å². The average molecular weight is 760 g/mol. The molecule has 306 valence electrons. The lowest BCUT2D eigenvalue weighted by Crippen LogP contribution is -2.64. The summed E-state index contributed by atoms with van der Waals surface area (Å²) in [5.41, 5.74) is 6.24. The van der Waals surface area contributed by atoms with Crippen molar-refractivity contribution in [2.75, 3.05) is 52.9 Å². The van der Waals surface area contributed by atoms with Crippen molar-refractivity contribution in [3.8, 4) is 0 Å². The van der Waals surface area contributed by atoms with E-state index in [1.54, 1.807) is 11.9 Å². The predicted molar refractivity (Wildman–Crippen MR) is 207 cm³/mol. The topological polar surface area (TPSA) is 207 Å². The molecule has 2 saturated heterocycles. The summed E-state index contributed by atoms with van der Waals surface area (Å²) in [7, 11) is 1.68. The molecule has 2 saturated carbocycles. The van der Waals surface area contributed by atoms with Crippen molar-refractivity contribution in [2.24, 2.45) is 23.0 Å². The van der Waals surface area contributed by atoms with Gasteiger partial charge in [-0.25, -0.2) is 0 Å². The molecule has 0 radical (unpaired) electrons. The number of rotatable bonds is 13. The van der Waals surface area contributed by atoms with Crippen LogP contribution in [0.2, 0.25) is 0 Å². The Morgan fingerprint density at radius 1 is 0.815 bits per heavy atom. The molecule has 0 bridgehead atoms. The first-order chi connectivity index (χ1) is 26.0. The van der Waals surface area contributed by atoms with Gasteiger partial charge in [0.1, 0.15) is 24.2 Å². The Kier molecular flexibility index (Phi) is 17.0. The van der Waals surface area contributed by atoms with Crippen molar-refractivity contribution >= 4 is 35.4 Å². The first kappa shape index (κ1) is 43.4. The number of hydrogen-bond acceptors (Lipinski definition) is 9. The molecular weight excluding hydrogens is 690 g/mol. The molecule has 54 heavy (non-hydrogen) atoms. The standard InChI is InChI=1S/C39H69N9O6/c1-5-8-16-31-38(54)47(4)30(13-7-3)36(52)46-32(26-14-11-10-12-15-26)37(53)44-28(22-40)35(51)45-29(34(50)42-17-19-48(31)18-9-6-2)23-43-33(49)27-20-39(21-27)24-41-25-39/h26-32,41H,5-25,40H2,1-4H3,(H,42,50)(H,43,49)(H,44,53)(H,45,51)(H,46,52). The number of likely N-dealkylation sites (N-methyl/N-ethyl adjacent to an activating group) is 1. The summed E-state index contributed by atoms with van der Waals surface area (Å²) in [6, 6.07) is -4.57. The lowest BCUT2D eigenvalue weighted by molar-refractivity contribution is -0.145. The molecule has 0 aromatic heterocycles. The molecule has 15 heteroatoms. The van der Waals surface area contributed by atoms with Gasteiger partial charge in [0.25, 0.3) is 0 Å². The van der Waals surface area contributed by atoms with E-state index >= 15 is 0 Å². The fraction of sp³-hybridized carbons (Fsp3) is 0.846. The maximum Gasteiger partial charge on any atom is 0.244 e. The second-order valence-electron chi connectivity index (χ2n) is 16.3. The first-order valence-corrected chi connectivity index (χ1v) is 20.8. The Balaban J connectivity index is 1.64. The second-order valence-corrected chi connectivity index (χ2v) is 16.3. The normalized spacial score (nSPS) is 28.5. The third-order valence-corrected chi connectivity index (χ3v) is 12.1. The monoisotopic (exact) mass is 760 g/mol. The molecule has 1 spiro atoms. The van der Waals surface area contributed by atoms with Gasteiger partial charge in [0.2, 0.25) is 35.4 Å². The van der Waals surface area contributed by atoms with Crippen LogP contribution in [0.4, 0.5) is 0 Å². The van der Waals surface area contributed by atoms with Gasteiger partial charge in [0.15, 0.2) is 0 Å². The van der Waals surface area contributed by atoms with Crippen LogP contribution in [-0.4, -0.2) is 128 Å². The minimum absolute atomic E-state index is 0.134. The summed E-state index contributed by atoms with van der Waals surface area (Å²) in [6.07, 6.45) is 11.0. The van der Waals surface area contributed by atoms with Crippen molar-refractivity contribution in [3.63, 3.8) is 0 Å². The van der Waals surface area contributed by atoms with Crippen LogP contribution >= 0.6 is 0 Å². The van der Waals surface area contributed by atoms with Crippen molar-refractivity contribution < 1.29 is 28.8 Å². The summed E-state index contributed by atoms with van der Waals surface area (Å²) in [4.78, 5) is 87.0. The van der Waals surface area contributed by atoms with Crippen molar-refractivity contribution in [3.05, 3.63) is 0 Å². The number of nitrogens with one attached hydrogen (secondary N) is 6. The van der Waals surface area contributed by atoms with E-state index in [2.05, 4.69) is 50.6 Å². The number of nitrogens with two attached hydrogens (primary N) is 1. The second kappa shape index (κ2) is 21.1. The molecular formula is C39H69N9O6. The van der Waals surface area contributed by atoms with E-state index in [1.807, 2.05) is 6.92 Å². The number of unbranched alkanes of at least 4 members (excludes halogenated alkanes) is 2. The van der Waals surface area contributed by atoms with E-state index in [9.17, 15) is 28.8 Å². The highest BCUT2D eigenvalue weighted by molar-refractivity contribution is 5.96. The zero-order valence-corrected chi connectivity index (χ0v) is 33.3. The predicted octanol–water partition coefficient (Wildman–Crippen LogP) is 0.513. The van der Waals surface area contributed by atoms with Gasteiger partial charge in [-0.15, -0.1) is 0 Å². The highest BCUT2D eigenvalue weighted by Gasteiger charge is 2.51. The van der Waals surface area contributed by atoms with Crippen LogP contribution in [0.15, 0.2) is 0 Å². The minimum atomic E-state index is -1.19. The average Bonchev–Trinajstić information content (AvgIpc) is 3.13. The highest BCUT2D eigenvalue weighted by atomic mass is 16.2. The van der Waals surface area contributed by atoms with Crippen LogP contribution in [0.1, 0.15) is 111 Å². The van der Waals surface area contributed by atoms with Crippen LogP contribution in [0.25, 0.3) is 0 Å². The van der Waals surface area contributed by atoms with Crippen LogP contribution in [0.3, 0.4) is 0 Å². The Morgan fingerprint density at radius 3 is 2.11 bits per heavy atom. The molecule has 4 aliphatic rings. The number of carbonyl (C=O) groups excluding carboxylic acids is 6. The van der Waals surface area contributed by atoms with E-state index in [1.165, 1.54) is 0 Å². The molecule has 0 aromatic carbocycles. The first-order valence-electron chi connectivity index (χ1n) is 20.8. The molecule has 2 heterocycles. The largest absolute Gasteiger partial charge is 0.353 e. The van der Waals surface area contributed by atoms with E-state index in [0.29, 0.717) is 32.4 Å². The molecule has 4 fully saturated rings. The molecule has 0 aromatic rings. The van der Waals surface area contributed by atoms with E-state index in [-0.39, 0.29) is 48.7 Å². The number of carbonyl (C=O) groups is 6. The maximum absolute atomic E-state index is 14.5. The molecule has 5 unspecified atom stereocenters. The Morgan fingerprint density at radius 2 is 1.50 bits per heavy atom. The third-order valence-electron chi connectivity index (χ3n) is 12.1. The Labute approximate surface area is 322 Å². The summed E-state index contributed by atoms with van der Waals surface area (Å²) in [6.45, 7) is 8.76. The summed E-state index contributed by atoms with van der Waals surface area (Å²) in [5, 5.41) is 17.6. The SMILES string of the molecule is CCCCC1C(=O)N(C)C(CCC)C(=O)NC(C2CCCCC2)C(=O)NC(CN)C(=O)NC(CNC(=O)C2CC3(CNC3)C2)C(=O)NCCN1CCCC. The molecule has 4 rings (SSSR count). The van der Waals surface area contributed by atoms with Crippen LogP contribution in [0, 0.1) is 17.3 Å². The van der Waals surface area contributed by atoms with Crippen molar-refractivity contribution in [2.45, 2.75) is 141 Å². The van der Waals surface area contributed by atoms with Gasteiger partial charge in [-0.1, -0.05) is 65.7 Å². The van der Waals surface area contributed by atoms with Gasteiger partial charge in [-0.3, -0.25) is 33.7 Å².